The van der Waals surface area contributed by atoms with Gasteiger partial charge in [0.05, 0.1) is 0 Å². The van der Waals surface area contributed by atoms with Gasteiger partial charge in [-0.05, 0) is 59.2 Å². The lowest BCUT2D eigenvalue weighted by atomic mass is 9.83. The van der Waals surface area contributed by atoms with Crippen molar-refractivity contribution >= 4 is 0 Å². The SMILES string of the molecule is CN1CCCCC1CCNC1(C)CCCCC1. The summed E-state index contributed by atoms with van der Waals surface area (Å²) >= 11 is 0. The van der Waals surface area contributed by atoms with E-state index in [1.165, 1.54) is 70.9 Å². The molecule has 1 atom stereocenters. The smallest absolute Gasteiger partial charge is 0.0153 e. The van der Waals surface area contributed by atoms with Crippen molar-refractivity contribution in [2.75, 3.05) is 20.1 Å². The van der Waals surface area contributed by atoms with Crippen LogP contribution in [0.1, 0.15) is 64.7 Å². The zero-order valence-electron chi connectivity index (χ0n) is 11.8. The first-order valence-corrected chi connectivity index (χ1v) is 7.65. The highest BCUT2D eigenvalue weighted by molar-refractivity contribution is 4.87. The quantitative estimate of drug-likeness (QED) is 0.809. The molecular weight excluding hydrogens is 208 g/mol. The van der Waals surface area contributed by atoms with Gasteiger partial charge in [-0.2, -0.15) is 0 Å². The van der Waals surface area contributed by atoms with Crippen molar-refractivity contribution in [3.05, 3.63) is 0 Å². The van der Waals surface area contributed by atoms with E-state index < -0.39 is 0 Å². The van der Waals surface area contributed by atoms with Crippen molar-refractivity contribution in [1.29, 1.82) is 0 Å². The van der Waals surface area contributed by atoms with Crippen molar-refractivity contribution in [2.45, 2.75) is 76.3 Å². The summed E-state index contributed by atoms with van der Waals surface area (Å²) in [4.78, 5) is 2.56. The van der Waals surface area contributed by atoms with Crippen molar-refractivity contribution in [3.8, 4) is 0 Å². The number of nitrogens with zero attached hydrogens (tertiary/aromatic N) is 1. The Morgan fingerprint density at radius 2 is 1.88 bits per heavy atom. The van der Waals surface area contributed by atoms with Gasteiger partial charge in [-0.3, -0.25) is 0 Å². The molecule has 2 nitrogen and oxygen atoms in total. The molecule has 1 aliphatic carbocycles. The highest BCUT2D eigenvalue weighted by Crippen LogP contribution is 2.27. The maximum atomic E-state index is 3.84. The molecule has 0 aromatic heterocycles. The molecule has 1 heterocycles. The third-order valence-electron chi connectivity index (χ3n) is 4.91. The molecule has 1 saturated carbocycles. The Morgan fingerprint density at radius 1 is 1.12 bits per heavy atom. The molecular formula is C15H30N2. The van der Waals surface area contributed by atoms with Crippen LogP contribution in [0.4, 0.5) is 0 Å². The van der Waals surface area contributed by atoms with Crippen LogP contribution in [0, 0.1) is 0 Å². The highest BCUT2D eigenvalue weighted by atomic mass is 15.1. The molecule has 0 amide bonds. The van der Waals surface area contributed by atoms with Crippen molar-refractivity contribution in [1.82, 2.24) is 10.2 Å². The minimum Gasteiger partial charge on any atom is -0.311 e. The van der Waals surface area contributed by atoms with Gasteiger partial charge in [0.2, 0.25) is 0 Å². The van der Waals surface area contributed by atoms with E-state index in [4.69, 9.17) is 0 Å². The average Bonchev–Trinajstić information content (AvgIpc) is 2.32. The van der Waals surface area contributed by atoms with Crippen LogP contribution in [0.15, 0.2) is 0 Å². The predicted molar refractivity (Wildman–Crippen MR) is 74.4 cm³/mol. The largest absolute Gasteiger partial charge is 0.311 e. The van der Waals surface area contributed by atoms with Crippen LogP contribution in [-0.2, 0) is 0 Å². The monoisotopic (exact) mass is 238 g/mol. The standard InChI is InChI=1S/C15H30N2/c1-15(10-5-3-6-11-15)16-12-9-14-8-4-7-13-17(14)2/h14,16H,3-13H2,1-2H3. The zero-order valence-corrected chi connectivity index (χ0v) is 11.8. The maximum Gasteiger partial charge on any atom is 0.0153 e. The molecule has 0 radical (unpaired) electrons. The fraction of sp³-hybridized carbons (Fsp3) is 1.00. The van der Waals surface area contributed by atoms with Crippen LogP contribution < -0.4 is 5.32 Å². The number of nitrogens with one attached hydrogen (secondary N) is 1. The summed E-state index contributed by atoms with van der Waals surface area (Å²) in [5.41, 5.74) is 0.450. The first-order valence-electron chi connectivity index (χ1n) is 7.65. The number of hydrogen-bond donors (Lipinski definition) is 1. The average molecular weight is 238 g/mol. The van der Waals surface area contributed by atoms with Crippen LogP contribution in [0.2, 0.25) is 0 Å². The number of likely N-dealkylation sites (tertiary alicyclic amines) is 1. The minimum atomic E-state index is 0.450. The third kappa shape index (κ3) is 3.96. The van der Waals surface area contributed by atoms with Crippen molar-refractivity contribution < 1.29 is 0 Å². The minimum absolute atomic E-state index is 0.450. The second-order valence-electron chi connectivity index (χ2n) is 6.47. The van der Waals surface area contributed by atoms with E-state index in [-0.39, 0.29) is 0 Å². The molecule has 2 rings (SSSR count). The third-order valence-corrected chi connectivity index (χ3v) is 4.91. The molecule has 1 aliphatic heterocycles. The Hall–Kier alpha value is -0.0800. The maximum absolute atomic E-state index is 3.84. The Labute approximate surface area is 107 Å². The van der Waals surface area contributed by atoms with Crippen molar-refractivity contribution in [2.24, 2.45) is 0 Å². The van der Waals surface area contributed by atoms with Gasteiger partial charge in [-0.25, -0.2) is 0 Å². The van der Waals surface area contributed by atoms with Crippen LogP contribution in [0.3, 0.4) is 0 Å². The molecule has 0 bridgehead atoms. The summed E-state index contributed by atoms with van der Waals surface area (Å²) < 4.78 is 0. The summed E-state index contributed by atoms with van der Waals surface area (Å²) in [5.74, 6) is 0. The summed E-state index contributed by atoms with van der Waals surface area (Å²) in [6.45, 7) is 4.95. The van der Waals surface area contributed by atoms with E-state index in [9.17, 15) is 0 Å². The van der Waals surface area contributed by atoms with E-state index in [1.807, 2.05) is 0 Å². The summed E-state index contributed by atoms with van der Waals surface area (Å²) in [7, 11) is 2.30. The van der Waals surface area contributed by atoms with Gasteiger partial charge < -0.3 is 10.2 Å². The molecule has 1 N–H and O–H groups in total. The van der Waals surface area contributed by atoms with Gasteiger partial charge in [-0.1, -0.05) is 25.7 Å². The van der Waals surface area contributed by atoms with Gasteiger partial charge >= 0.3 is 0 Å². The molecule has 1 saturated heterocycles. The molecule has 1 unspecified atom stereocenters. The molecule has 2 heteroatoms. The highest BCUT2D eigenvalue weighted by Gasteiger charge is 2.26. The Balaban J connectivity index is 1.67. The number of hydrogen-bond acceptors (Lipinski definition) is 2. The van der Waals surface area contributed by atoms with Gasteiger partial charge in [-0.15, -0.1) is 0 Å². The second-order valence-corrected chi connectivity index (χ2v) is 6.47. The fourth-order valence-corrected chi connectivity index (χ4v) is 3.56. The normalized spacial score (nSPS) is 30.4. The molecule has 100 valence electrons. The van der Waals surface area contributed by atoms with Crippen LogP contribution in [0.25, 0.3) is 0 Å². The predicted octanol–water partition coefficient (Wildman–Crippen LogP) is 3.17. The van der Waals surface area contributed by atoms with Crippen LogP contribution >= 0.6 is 0 Å². The molecule has 0 aromatic rings. The fourth-order valence-electron chi connectivity index (χ4n) is 3.56. The molecule has 2 fully saturated rings. The van der Waals surface area contributed by atoms with E-state index >= 15 is 0 Å². The number of rotatable bonds is 4. The Morgan fingerprint density at radius 3 is 2.59 bits per heavy atom. The van der Waals surface area contributed by atoms with Gasteiger partial charge in [0.15, 0.2) is 0 Å². The van der Waals surface area contributed by atoms with Gasteiger partial charge in [0.1, 0.15) is 0 Å². The topological polar surface area (TPSA) is 15.3 Å². The van der Waals surface area contributed by atoms with E-state index in [0.717, 1.165) is 6.04 Å². The Bertz CT molecular complexity index is 221. The van der Waals surface area contributed by atoms with E-state index in [2.05, 4.69) is 24.2 Å². The first-order chi connectivity index (χ1) is 8.20. The van der Waals surface area contributed by atoms with Gasteiger partial charge in [0, 0.05) is 11.6 Å². The zero-order chi connectivity index (χ0) is 12.1. The lowest BCUT2D eigenvalue weighted by Crippen LogP contribution is -2.46. The molecule has 0 aromatic carbocycles. The van der Waals surface area contributed by atoms with Gasteiger partial charge in [0.25, 0.3) is 0 Å². The molecule has 2 aliphatic rings. The summed E-state index contributed by atoms with van der Waals surface area (Å²) in [6.07, 6.45) is 12.6. The van der Waals surface area contributed by atoms with Crippen LogP contribution in [0.5, 0.6) is 0 Å². The van der Waals surface area contributed by atoms with E-state index in [0.29, 0.717) is 5.54 Å². The molecule has 17 heavy (non-hydrogen) atoms. The summed E-state index contributed by atoms with van der Waals surface area (Å²) in [5, 5.41) is 3.84. The number of piperidine rings is 1. The lowest BCUT2D eigenvalue weighted by molar-refractivity contribution is 0.166. The second kappa shape index (κ2) is 6.19. The lowest BCUT2D eigenvalue weighted by Gasteiger charge is -2.37. The van der Waals surface area contributed by atoms with E-state index in [1.54, 1.807) is 0 Å². The summed E-state index contributed by atoms with van der Waals surface area (Å²) in [6, 6.07) is 0.837. The first kappa shape index (κ1) is 13.4. The van der Waals surface area contributed by atoms with Crippen molar-refractivity contribution in [3.63, 3.8) is 0 Å². The Kier molecular flexibility index (Phi) is 4.87. The molecule has 0 spiro atoms. The van der Waals surface area contributed by atoms with Crippen LogP contribution in [-0.4, -0.2) is 36.6 Å².